The summed E-state index contributed by atoms with van der Waals surface area (Å²) in [5.74, 6) is 0.879. The van der Waals surface area contributed by atoms with E-state index in [9.17, 15) is 4.79 Å². The molecule has 2 aliphatic heterocycles. The molecule has 6 heteroatoms. The first-order chi connectivity index (χ1) is 13.1. The van der Waals surface area contributed by atoms with E-state index in [1.54, 1.807) is 6.20 Å². The largest absolute Gasteiger partial charge is 0.493 e. The van der Waals surface area contributed by atoms with E-state index in [0.29, 0.717) is 25.7 Å². The molecule has 144 valence electrons. The van der Waals surface area contributed by atoms with Gasteiger partial charge in [-0.25, -0.2) is 4.68 Å². The summed E-state index contributed by atoms with van der Waals surface area (Å²) < 4.78 is 19.7. The van der Waals surface area contributed by atoms with Gasteiger partial charge in [-0.1, -0.05) is 6.92 Å². The van der Waals surface area contributed by atoms with Crippen molar-refractivity contribution in [2.75, 3.05) is 19.8 Å². The molecule has 2 fully saturated rings. The predicted molar refractivity (Wildman–Crippen MR) is 100 cm³/mol. The van der Waals surface area contributed by atoms with Gasteiger partial charge in [0.15, 0.2) is 5.79 Å². The van der Waals surface area contributed by atoms with E-state index in [2.05, 4.69) is 18.1 Å². The molecule has 0 unspecified atom stereocenters. The molecular weight excluding hydrogens is 344 g/mol. The molecule has 3 aliphatic rings. The van der Waals surface area contributed by atoms with Crippen LogP contribution in [0.4, 0.5) is 0 Å². The molecule has 1 saturated heterocycles. The van der Waals surface area contributed by atoms with Crippen LogP contribution in [0, 0.1) is 5.92 Å². The van der Waals surface area contributed by atoms with E-state index >= 15 is 0 Å². The molecule has 0 bridgehead atoms. The Morgan fingerprint density at radius 3 is 2.81 bits per heavy atom. The number of hydrogen-bond acceptors (Lipinski definition) is 5. The molecule has 0 amide bonds. The van der Waals surface area contributed by atoms with E-state index < -0.39 is 5.79 Å². The zero-order valence-electron chi connectivity index (χ0n) is 16.0. The van der Waals surface area contributed by atoms with Crippen molar-refractivity contribution >= 4 is 16.8 Å². The molecule has 0 radical (unpaired) electrons. The number of hydrogen-bond donors (Lipinski definition) is 0. The van der Waals surface area contributed by atoms with Crippen LogP contribution in [-0.2, 0) is 14.9 Å². The Morgan fingerprint density at radius 2 is 2.07 bits per heavy atom. The Balaban J connectivity index is 1.63. The third-order valence-corrected chi connectivity index (χ3v) is 6.96. The summed E-state index contributed by atoms with van der Waals surface area (Å²) in [7, 11) is 0. The number of benzene rings is 1. The van der Waals surface area contributed by atoms with Gasteiger partial charge in [-0.05, 0) is 31.2 Å². The fourth-order valence-electron chi connectivity index (χ4n) is 5.56. The van der Waals surface area contributed by atoms with Crippen molar-refractivity contribution in [2.24, 2.45) is 5.92 Å². The van der Waals surface area contributed by atoms with Gasteiger partial charge in [-0.3, -0.25) is 4.79 Å². The molecule has 3 heterocycles. The van der Waals surface area contributed by atoms with Crippen molar-refractivity contribution in [2.45, 2.75) is 57.2 Å². The van der Waals surface area contributed by atoms with Gasteiger partial charge in [0.05, 0.1) is 31.5 Å². The lowest BCUT2D eigenvalue weighted by molar-refractivity contribution is -0.199. The first kappa shape index (κ1) is 17.2. The van der Waals surface area contributed by atoms with Gasteiger partial charge < -0.3 is 14.2 Å². The summed E-state index contributed by atoms with van der Waals surface area (Å²) in [6, 6.07) is 4.21. The lowest BCUT2D eigenvalue weighted by Crippen LogP contribution is -2.48. The average molecular weight is 370 g/mol. The molecule has 1 aromatic heterocycles. The van der Waals surface area contributed by atoms with Crippen LogP contribution in [0.5, 0.6) is 5.75 Å². The zero-order chi connectivity index (χ0) is 18.6. The molecule has 27 heavy (non-hydrogen) atoms. The standard InChI is InChI=1S/C21H26N2O4/c1-3-20-5-6-21(26-8-9-27-21)12-16(20)4-7-25-19-11-18-15(10-17(19)20)13-22-23(18)14(2)24/h10-11,13,16H,3-9,12H2,1-2H3/t16-,20+/m1/s1. The van der Waals surface area contributed by atoms with Crippen LogP contribution in [0.3, 0.4) is 0 Å². The van der Waals surface area contributed by atoms with Gasteiger partial charge in [0.25, 0.3) is 0 Å². The zero-order valence-corrected chi connectivity index (χ0v) is 16.0. The van der Waals surface area contributed by atoms with E-state index in [1.807, 2.05) is 6.07 Å². The topological polar surface area (TPSA) is 62.6 Å². The third kappa shape index (κ3) is 2.46. The van der Waals surface area contributed by atoms with Crippen LogP contribution >= 0.6 is 0 Å². The predicted octanol–water partition coefficient (Wildman–Crippen LogP) is 3.67. The summed E-state index contributed by atoms with van der Waals surface area (Å²) >= 11 is 0. The number of carbonyl (C=O) groups excluding carboxylic acids is 1. The Morgan fingerprint density at radius 1 is 1.26 bits per heavy atom. The highest BCUT2D eigenvalue weighted by Crippen LogP contribution is 2.56. The van der Waals surface area contributed by atoms with E-state index in [4.69, 9.17) is 14.2 Å². The van der Waals surface area contributed by atoms with Gasteiger partial charge in [0.1, 0.15) is 5.75 Å². The number of rotatable bonds is 1. The summed E-state index contributed by atoms with van der Waals surface area (Å²) in [5.41, 5.74) is 2.13. The summed E-state index contributed by atoms with van der Waals surface area (Å²) in [5, 5.41) is 5.27. The summed E-state index contributed by atoms with van der Waals surface area (Å²) in [4.78, 5) is 11.9. The van der Waals surface area contributed by atoms with Gasteiger partial charge in [-0.15, -0.1) is 0 Å². The minimum Gasteiger partial charge on any atom is -0.493 e. The Kier molecular flexibility index (Phi) is 3.85. The van der Waals surface area contributed by atoms with Crippen molar-refractivity contribution in [1.29, 1.82) is 0 Å². The molecule has 2 atom stereocenters. The molecule has 1 aromatic carbocycles. The Bertz CT molecular complexity index is 899. The van der Waals surface area contributed by atoms with E-state index in [-0.39, 0.29) is 11.3 Å². The van der Waals surface area contributed by atoms with Gasteiger partial charge in [-0.2, -0.15) is 5.10 Å². The summed E-state index contributed by atoms with van der Waals surface area (Å²) in [6.07, 6.45) is 6.70. The van der Waals surface area contributed by atoms with Gasteiger partial charge in [0.2, 0.25) is 5.91 Å². The number of nitrogens with zero attached hydrogens (tertiary/aromatic N) is 2. The van der Waals surface area contributed by atoms with Gasteiger partial charge in [0, 0.05) is 42.2 Å². The molecule has 6 nitrogen and oxygen atoms in total. The van der Waals surface area contributed by atoms with Crippen molar-refractivity contribution in [3.05, 3.63) is 23.9 Å². The first-order valence-electron chi connectivity index (χ1n) is 10.0. The number of ether oxygens (including phenoxy) is 3. The lowest BCUT2D eigenvalue weighted by Gasteiger charge is -2.49. The second-order valence-electron chi connectivity index (χ2n) is 8.14. The molecular formula is C21H26N2O4. The minimum atomic E-state index is -0.391. The molecule has 2 aromatic rings. The summed E-state index contributed by atoms with van der Waals surface area (Å²) in [6.45, 7) is 5.88. The quantitative estimate of drug-likeness (QED) is 0.766. The van der Waals surface area contributed by atoms with Crippen molar-refractivity contribution in [3.63, 3.8) is 0 Å². The number of carbonyl (C=O) groups is 1. The van der Waals surface area contributed by atoms with Crippen molar-refractivity contribution in [1.82, 2.24) is 9.78 Å². The molecule has 5 rings (SSSR count). The highest BCUT2D eigenvalue weighted by atomic mass is 16.7. The maximum absolute atomic E-state index is 11.9. The maximum Gasteiger partial charge on any atom is 0.244 e. The molecule has 1 spiro atoms. The van der Waals surface area contributed by atoms with Crippen molar-refractivity contribution < 1.29 is 19.0 Å². The van der Waals surface area contributed by atoms with Crippen LogP contribution in [0.1, 0.15) is 56.3 Å². The highest BCUT2D eigenvalue weighted by molar-refractivity contribution is 5.91. The first-order valence-corrected chi connectivity index (χ1v) is 10.0. The highest BCUT2D eigenvalue weighted by Gasteiger charge is 2.53. The average Bonchev–Trinajstić information content (AvgIpc) is 3.25. The SMILES string of the molecule is CC[C@]12CCC3(C[C@H]1CCOc1cc4c(cnn4C(C)=O)cc12)OCCO3. The van der Waals surface area contributed by atoms with Crippen LogP contribution in [0.15, 0.2) is 18.3 Å². The van der Waals surface area contributed by atoms with Gasteiger partial charge >= 0.3 is 0 Å². The second kappa shape index (κ2) is 6.04. The fourth-order valence-corrected chi connectivity index (χ4v) is 5.56. The van der Waals surface area contributed by atoms with Crippen LogP contribution < -0.4 is 4.74 Å². The smallest absolute Gasteiger partial charge is 0.244 e. The lowest BCUT2D eigenvalue weighted by atomic mass is 9.59. The number of fused-ring (bicyclic) bond motifs is 4. The Hall–Kier alpha value is -1.92. The van der Waals surface area contributed by atoms with Crippen LogP contribution in [0.25, 0.3) is 10.9 Å². The van der Waals surface area contributed by atoms with E-state index in [0.717, 1.165) is 48.8 Å². The minimum absolute atomic E-state index is 0.0545. The normalized spacial score (nSPS) is 29.2. The number of aromatic nitrogens is 2. The molecule has 1 saturated carbocycles. The molecule has 0 N–H and O–H groups in total. The van der Waals surface area contributed by atoms with Crippen LogP contribution in [-0.4, -0.2) is 41.3 Å². The Labute approximate surface area is 158 Å². The van der Waals surface area contributed by atoms with Crippen molar-refractivity contribution in [3.8, 4) is 5.75 Å². The maximum atomic E-state index is 11.9. The monoisotopic (exact) mass is 370 g/mol. The second-order valence-corrected chi connectivity index (χ2v) is 8.14. The third-order valence-electron chi connectivity index (χ3n) is 6.96. The molecule has 1 aliphatic carbocycles. The fraction of sp³-hybridized carbons (Fsp3) is 0.619. The van der Waals surface area contributed by atoms with Crippen LogP contribution in [0.2, 0.25) is 0 Å². The van der Waals surface area contributed by atoms with E-state index in [1.165, 1.54) is 17.2 Å².